The summed E-state index contributed by atoms with van der Waals surface area (Å²) in [5.74, 6) is -0.483. The molecule has 2 aromatic rings. The summed E-state index contributed by atoms with van der Waals surface area (Å²) in [6.45, 7) is 3.05. The van der Waals surface area contributed by atoms with Crippen LogP contribution in [-0.2, 0) is 14.8 Å². The van der Waals surface area contributed by atoms with Gasteiger partial charge in [-0.2, -0.15) is 4.31 Å². The summed E-state index contributed by atoms with van der Waals surface area (Å²) in [5, 5.41) is 3.33. The van der Waals surface area contributed by atoms with E-state index >= 15 is 0 Å². The predicted octanol–water partition coefficient (Wildman–Crippen LogP) is 2.92. The van der Waals surface area contributed by atoms with Crippen LogP contribution in [-0.4, -0.2) is 44.9 Å². The summed E-state index contributed by atoms with van der Waals surface area (Å²) >= 11 is 5.93. The van der Waals surface area contributed by atoms with Gasteiger partial charge in [0.2, 0.25) is 10.0 Å². The summed E-state index contributed by atoms with van der Waals surface area (Å²) in [4.78, 5) is 12.7. The van der Waals surface area contributed by atoms with Crippen molar-refractivity contribution in [3.63, 3.8) is 0 Å². The highest BCUT2D eigenvalue weighted by Crippen LogP contribution is 2.24. The van der Waals surface area contributed by atoms with Gasteiger partial charge in [-0.05, 0) is 42.8 Å². The van der Waals surface area contributed by atoms with Gasteiger partial charge in [0.15, 0.2) is 0 Å². The number of aryl methyl sites for hydroxylation is 1. The largest absolute Gasteiger partial charge is 0.379 e. The normalized spacial score (nSPS) is 15.6. The standard InChI is InChI=1S/C18H19ClN2O4S/c1-13-12-14(19)6-7-16(13)20-18(22)15-4-2-3-5-17(15)26(23,24)21-8-10-25-11-9-21/h2-7,12H,8-11H2,1H3,(H,20,22). The Morgan fingerprint density at radius 1 is 1.15 bits per heavy atom. The van der Waals surface area contributed by atoms with Crippen LogP contribution in [0.15, 0.2) is 47.4 Å². The zero-order chi connectivity index (χ0) is 18.7. The number of benzene rings is 2. The van der Waals surface area contributed by atoms with Crippen LogP contribution in [0.5, 0.6) is 0 Å². The Kier molecular flexibility index (Phi) is 5.62. The monoisotopic (exact) mass is 394 g/mol. The first-order valence-electron chi connectivity index (χ1n) is 8.14. The highest BCUT2D eigenvalue weighted by atomic mass is 35.5. The van der Waals surface area contributed by atoms with Crippen molar-refractivity contribution in [2.24, 2.45) is 0 Å². The van der Waals surface area contributed by atoms with E-state index in [9.17, 15) is 13.2 Å². The van der Waals surface area contributed by atoms with Crippen molar-refractivity contribution in [3.05, 3.63) is 58.6 Å². The quantitative estimate of drug-likeness (QED) is 0.865. The molecule has 0 unspecified atom stereocenters. The third kappa shape index (κ3) is 3.91. The first-order valence-corrected chi connectivity index (χ1v) is 9.96. The molecule has 0 atom stereocenters. The van der Waals surface area contributed by atoms with Gasteiger partial charge in [-0.1, -0.05) is 23.7 Å². The number of anilines is 1. The van der Waals surface area contributed by atoms with Gasteiger partial charge in [0, 0.05) is 23.8 Å². The molecule has 1 aliphatic rings. The van der Waals surface area contributed by atoms with E-state index in [1.807, 2.05) is 6.92 Å². The van der Waals surface area contributed by atoms with Crippen LogP contribution >= 0.6 is 11.6 Å². The maximum atomic E-state index is 12.9. The number of halogens is 1. The third-order valence-corrected chi connectivity index (χ3v) is 6.35. The molecule has 1 fully saturated rings. The predicted molar refractivity (Wildman–Crippen MR) is 100 cm³/mol. The van der Waals surface area contributed by atoms with Gasteiger partial charge in [0.1, 0.15) is 0 Å². The molecule has 1 N–H and O–H groups in total. The molecule has 0 radical (unpaired) electrons. The average Bonchev–Trinajstić information content (AvgIpc) is 2.64. The minimum absolute atomic E-state index is 0.00832. The lowest BCUT2D eigenvalue weighted by molar-refractivity contribution is 0.0730. The third-order valence-electron chi connectivity index (χ3n) is 4.16. The van der Waals surface area contributed by atoms with E-state index in [-0.39, 0.29) is 23.5 Å². The molecule has 26 heavy (non-hydrogen) atoms. The Hall–Kier alpha value is -1.93. The van der Waals surface area contributed by atoms with Crippen molar-refractivity contribution in [2.45, 2.75) is 11.8 Å². The van der Waals surface area contributed by atoms with Gasteiger partial charge < -0.3 is 10.1 Å². The molecule has 0 saturated carbocycles. The molecule has 6 nitrogen and oxygen atoms in total. The molecule has 1 saturated heterocycles. The van der Waals surface area contributed by atoms with Crippen molar-refractivity contribution in [1.29, 1.82) is 0 Å². The number of amides is 1. The highest BCUT2D eigenvalue weighted by molar-refractivity contribution is 7.89. The highest BCUT2D eigenvalue weighted by Gasteiger charge is 2.30. The van der Waals surface area contributed by atoms with E-state index in [0.717, 1.165) is 5.56 Å². The van der Waals surface area contributed by atoms with Crippen molar-refractivity contribution in [1.82, 2.24) is 4.31 Å². The van der Waals surface area contributed by atoms with Crippen LogP contribution in [0.2, 0.25) is 5.02 Å². The Bertz CT molecular complexity index is 925. The molecule has 0 aromatic heterocycles. The molecular weight excluding hydrogens is 376 g/mol. The van der Waals surface area contributed by atoms with Crippen molar-refractivity contribution in [2.75, 3.05) is 31.6 Å². The SMILES string of the molecule is Cc1cc(Cl)ccc1NC(=O)c1ccccc1S(=O)(=O)N1CCOCC1. The van der Waals surface area contributed by atoms with E-state index < -0.39 is 15.9 Å². The minimum atomic E-state index is -3.78. The lowest BCUT2D eigenvalue weighted by atomic mass is 10.1. The van der Waals surface area contributed by atoms with Crippen LogP contribution in [0.1, 0.15) is 15.9 Å². The number of nitrogens with zero attached hydrogens (tertiary/aromatic N) is 1. The van der Waals surface area contributed by atoms with E-state index in [2.05, 4.69) is 5.32 Å². The first kappa shape index (κ1) is 18.8. The maximum absolute atomic E-state index is 12.9. The van der Waals surface area contributed by atoms with Gasteiger partial charge in [-0.15, -0.1) is 0 Å². The number of sulfonamides is 1. The fourth-order valence-electron chi connectivity index (χ4n) is 2.76. The van der Waals surface area contributed by atoms with Crippen LogP contribution in [0.3, 0.4) is 0 Å². The van der Waals surface area contributed by atoms with Crippen molar-refractivity contribution < 1.29 is 17.9 Å². The van der Waals surface area contributed by atoms with Crippen LogP contribution < -0.4 is 5.32 Å². The Balaban J connectivity index is 1.92. The Morgan fingerprint density at radius 2 is 1.85 bits per heavy atom. The number of rotatable bonds is 4. The second kappa shape index (κ2) is 7.75. The summed E-state index contributed by atoms with van der Waals surface area (Å²) in [5.41, 5.74) is 1.48. The van der Waals surface area contributed by atoms with E-state index in [1.54, 1.807) is 30.3 Å². The smallest absolute Gasteiger partial charge is 0.257 e. The van der Waals surface area contributed by atoms with Gasteiger partial charge in [-0.25, -0.2) is 8.42 Å². The van der Waals surface area contributed by atoms with Gasteiger partial charge >= 0.3 is 0 Å². The number of carbonyl (C=O) groups is 1. The lowest BCUT2D eigenvalue weighted by Gasteiger charge is -2.26. The Labute approximate surface area is 157 Å². The number of hydrogen-bond acceptors (Lipinski definition) is 4. The Morgan fingerprint density at radius 3 is 2.54 bits per heavy atom. The zero-order valence-electron chi connectivity index (χ0n) is 14.2. The molecule has 0 aliphatic carbocycles. The minimum Gasteiger partial charge on any atom is -0.379 e. The molecule has 8 heteroatoms. The summed E-state index contributed by atoms with van der Waals surface area (Å²) < 4.78 is 32.5. The van der Waals surface area contributed by atoms with Crippen molar-refractivity contribution in [3.8, 4) is 0 Å². The number of morpholine rings is 1. The molecule has 1 heterocycles. The topological polar surface area (TPSA) is 75.7 Å². The lowest BCUT2D eigenvalue weighted by Crippen LogP contribution is -2.41. The van der Waals surface area contributed by atoms with Crippen molar-refractivity contribution >= 4 is 33.2 Å². The van der Waals surface area contributed by atoms with E-state index in [0.29, 0.717) is 23.9 Å². The van der Waals surface area contributed by atoms with E-state index in [1.165, 1.54) is 16.4 Å². The summed E-state index contributed by atoms with van der Waals surface area (Å²) in [7, 11) is -3.78. The van der Waals surface area contributed by atoms with Gasteiger partial charge in [-0.3, -0.25) is 4.79 Å². The van der Waals surface area contributed by atoms with Crippen LogP contribution in [0.4, 0.5) is 5.69 Å². The number of ether oxygens (including phenoxy) is 1. The fraction of sp³-hybridized carbons (Fsp3) is 0.278. The second-order valence-electron chi connectivity index (χ2n) is 5.93. The molecule has 0 bridgehead atoms. The molecule has 1 amide bonds. The van der Waals surface area contributed by atoms with Crippen LogP contribution in [0.25, 0.3) is 0 Å². The zero-order valence-corrected chi connectivity index (χ0v) is 15.8. The molecule has 2 aromatic carbocycles. The summed E-state index contributed by atoms with van der Waals surface area (Å²) in [6, 6.07) is 11.3. The molecule has 138 valence electrons. The summed E-state index contributed by atoms with van der Waals surface area (Å²) in [6.07, 6.45) is 0. The molecule has 1 aliphatic heterocycles. The van der Waals surface area contributed by atoms with Crippen LogP contribution in [0, 0.1) is 6.92 Å². The second-order valence-corrected chi connectivity index (χ2v) is 8.27. The van der Waals surface area contributed by atoms with E-state index in [4.69, 9.17) is 16.3 Å². The number of nitrogens with one attached hydrogen (secondary N) is 1. The van der Waals surface area contributed by atoms with Gasteiger partial charge in [0.05, 0.1) is 23.7 Å². The van der Waals surface area contributed by atoms with Gasteiger partial charge in [0.25, 0.3) is 5.91 Å². The molecular formula is C18H19ClN2O4S. The average molecular weight is 395 g/mol. The molecule has 3 rings (SSSR count). The first-order chi connectivity index (χ1) is 12.4. The maximum Gasteiger partial charge on any atom is 0.257 e. The fourth-order valence-corrected chi connectivity index (χ4v) is 4.59. The number of carbonyl (C=O) groups excluding carboxylic acids is 1. The molecule has 0 spiro atoms. The number of hydrogen-bond donors (Lipinski definition) is 1.